The average Bonchev–Trinajstić information content (AvgIpc) is 2.48. The predicted molar refractivity (Wildman–Crippen MR) is 85.8 cm³/mol. The van der Waals surface area contributed by atoms with Gasteiger partial charge in [0.15, 0.2) is 0 Å². The lowest BCUT2D eigenvalue weighted by atomic mass is 10.1. The Kier molecular flexibility index (Phi) is 7.75. The number of aromatic nitrogens is 1. The summed E-state index contributed by atoms with van der Waals surface area (Å²) in [5.41, 5.74) is 1.66. The van der Waals surface area contributed by atoms with Gasteiger partial charge in [-0.1, -0.05) is 13.3 Å². The topological polar surface area (TPSA) is 54.5 Å². The predicted octanol–water partition coefficient (Wildman–Crippen LogP) is 2.57. The molecule has 0 spiro atoms. The van der Waals surface area contributed by atoms with Crippen molar-refractivity contribution in [1.82, 2.24) is 9.88 Å². The molecule has 5 heteroatoms. The van der Waals surface area contributed by atoms with E-state index in [9.17, 15) is 4.79 Å². The van der Waals surface area contributed by atoms with Crippen molar-refractivity contribution in [1.29, 1.82) is 0 Å². The molecular formula is C16H27N3O2. The van der Waals surface area contributed by atoms with Gasteiger partial charge in [-0.15, -0.1) is 0 Å². The molecular weight excluding hydrogens is 266 g/mol. The van der Waals surface area contributed by atoms with Gasteiger partial charge in [0, 0.05) is 38.0 Å². The Balaban J connectivity index is 2.99. The number of aryl methyl sites for hydroxylation is 1. The Bertz CT molecular complexity index is 425. The zero-order valence-corrected chi connectivity index (χ0v) is 13.6. The maximum absolute atomic E-state index is 12.6. The van der Waals surface area contributed by atoms with Crippen molar-refractivity contribution in [3.05, 3.63) is 23.4 Å². The van der Waals surface area contributed by atoms with E-state index in [2.05, 4.69) is 17.2 Å². The fourth-order valence-electron chi connectivity index (χ4n) is 2.15. The molecule has 1 rings (SSSR count). The lowest BCUT2D eigenvalue weighted by Gasteiger charge is -2.21. The van der Waals surface area contributed by atoms with Crippen LogP contribution in [0.15, 0.2) is 12.1 Å². The van der Waals surface area contributed by atoms with E-state index in [1.165, 1.54) is 0 Å². The molecule has 0 saturated heterocycles. The maximum atomic E-state index is 12.6. The summed E-state index contributed by atoms with van der Waals surface area (Å²) in [5, 5.41) is 3.20. The van der Waals surface area contributed by atoms with Crippen molar-refractivity contribution in [3.8, 4) is 0 Å². The Labute approximate surface area is 127 Å². The Morgan fingerprint density at radius 3 is 2.67 bits per heavy atom. The van der Waals surface area contributed by atoms with Crippen molar-refractivity contribution < 1.29 is 9.53 Å². The van der Waals surface area contributed by atoms with Crippen LogP contribution in [0.2, 0.25) is 0 Å². The number of pyridine rings is 1. The smallest absolute Gasteiger partial charge is 0.254 e. The molecule has 1 amide bonds. The normalized spacial score (nSPS) is 10.5. The highest BCUT2D eigenvalue weighted by Crippen LogP contribution is 2.14. The van der Waals surface area contributed by atoms with Crippen LogP contribution in [-0.4, -0.2) is 49.1 Å². The minimum atomic E-state index is 0.0356. The SMILES string of the molecule is CCCc1cc(C(=O)N(CC)CCOC)cc(NCC)n1. The van der Waals surface area contributed by atoms with E-state index < -0.39 is 0 Å². The summed E-state index contributed by atoms with van der Waals surface area (Å²) in [7, 11) is 1.65. The monoisotopic (exact) mass is 293 g/mol. The number of methoxy groups -OCH3 is 1. The number of rotatable bonds is 9. The van der Waals surface area contributed by atoms with Gasteiger partial charge < -0.3 is 15.0 Å². The third-order valence-corrected chi connectivity index (χ3v) is 3.22. The van der Waals surface area contributed by atoms with Gasteiger partial charge in [0.25, 0.3) is 5.91 Å². The molecule has 0 aliphatic carbocycles. The second-order valence-electron chi connectivity index (χ2n) is 4.89. The van der Waals surface area contributed by atoms with Crippen molar-refractivity contribution in [2.75, 3.05) is 38.7 Å². The summed E-state index contributed by atoms with van der Waals surface area (Å²) in [4.78, 5) is 18.9. The standard InChI is InChI=1S/C16H27N3O2/c1-5-8-14-11-13(12-15(18-14)17-6-2)16(20)19(7-3)9-10-21-4/h11-12H,5-10H2,1-4H3,(H,17,18). The van der Waals surface area contributed by atoms with E-state index in [0.717, 1.165) is 30.9 Å². The molecule has 21 heavy (non-hydrogen) atoms. The van der Waals surface area contributed by atoms with Gasteiger partial charge in [-0.05, 0) is 32.4 Å². The van der Waals surface area contributed by atoms with Gasteiger partial charge in [0.05, 0.1) is 6.61 Å². The van der Waals surface area contributed by atoms with Crippen LogP contribution in [0.5, 0.6) is 0 Å². The summed E-state index contributed by atoms with van der Waals surface area (Å²) in [5.74, 6) is 0.808. The van der Waals surface area contributed by atoms with Crippen LogP contribution in [0.3, 0.4) is 0 Å². The quantitative estimate of drug-likeness (QED) is 0.760. The highest BCUT2D eigenvalue weighted by atomic mass is 16.5. The molecule has 0 unspecified atom stereocenters. The molecule has 0 saturated carbocycles. The van der Waals surface area contributed by atoms with Gasteiger partial charge in [-0.25, -0.2) is 4.98 Å². The molecule has 0 aliphatic heterocycles. The van der Waals surface area contributed by atoms with Crippen LogP contribution < -0.4 is 5.32 Å². The third-order valence-electron chi connectivity index (χ3n) is 3.22. The van der Waals surface area contributed by atoms with E-state index in [4.69, 9.17) is 4.74 Å². The largest absolute Gasteiger partial charge is 0.383 e. The second kappa shape index (κ2) is 9.34. The van der Waals surface area contributed by atoms with E-state index in [1.807, 2.05) is 26.0 Å². The van der Waals surface area contributed by atoms with Crippen LogP contribution in [0, 0.1) is 0 Å². The Hall–Kier alpha value is -1.62. The van der Waals surface area contributed by atoms with Crippen molar-refractivity contribution in [2.24, 2.45) is 0 Å². The van der Waals surface area contributed by atoms with Gasteiger partial charge in [0.1, 0.15) is 5.82 Å². The number of nitrogens with zero attached hydrogens (tertiary/aromatic N) is 2. The number of carbonyl (C=O) groups is 1. The molecule has 5 nitrogen and oxygen atoms in total. The second-order valence-corrected chi connectivity index (χ2v) is 4.89. The van der Waals surface area contributed by atoms with Crippen LogP contribution >= 0.6 is 0 Å². The van der Waals surface area contributed by atoms with Gasteiger partial charge in [0.2, 0.25) is 0 Å². The summed E-state index contributed by atoms with van der Waals surface area (Å²) < 4.78 is 5.07. The molecule has 1 aromatic heterocycles. The molecule has 0 atom stereocenters. The highest BCUT2D eigenvalue weighted by molar-refractivity contribution is 5.95. The highest BCUT2D eigenvalue weighted by Gasteiger charge is 2.16. The summed E-state index contributed by atoms with van der Waals surface area (Å²) in [6.07, 6.45) is 1.89. The van der Waals surface area contributed by atoms with Crippen LogP contribution in [0.25, 0.3) is 0 Å². The van der Waals surface area contributed by atoms with Gasteiger partial charge >= 0.3 is 0 Å². The fraction of sp³-hybridized carbons (Fsp3) is 0.625. The molecule has 0 aromatic carbocycles. The first-order chi connectivity index (χ1) is 10.2. The molecule has 0 bridgehead atoms. The lowest BCUT2D eigenvalue weighted by molar-refractivity contribution is 0.0706. The van der Waals surface area contributed by atoms with Crippen molar-refractivity contribution in [3.63, 3.8) is 0 Å². The first-order valence-corrected chi connectivity index (χ1v) is 7.69. The van der Waals surface area contributed by atoms with Gasteiger partial charge in [-0.2, -0.15) is 0 Å². The van der Waals surface area contributed by atoms with Crippen molar-refractivity contribution >= 4 is 11.7 Å². The van der Waals surface area contributed by atoms with Crippen LogP contribution in [0.1, 0.15) is 43.2 Å². The first kappa shape index (κ1) is 17.4. The fourth-order valence-corrected chi connectivity index (χ4v) is 2.15. The number of hydrogen-bond donors (Lipinski definition) is 1. The number of anilines is 1. The van der Waals surface area contributed by atoms with Crippen LogP contribution in [0.4, 0.5) is 5.82 Å². The average molecular weight is 293 g/mol. The molecule has 1 heterocycles. The number of hydrogen-bond acceptors (Lipinski definition) is 4. The zero-order valence-electron chi connectivity index (χ0n) is 13.6. The summed E-state index contributed by atoms with van der Waals surface area (Å²) in [6.45, 7) is 8.72. The number of carbonyl (C=O) groups excluding carboxylic acids is 1. The molecule has 118 valence electrons. The molecule has 1 aromatic rings. The first-order valence-electron chi connectivity index (χ1n) is 7.69. The number of likely N-dealkylation sites (N-methyl/N-ethyl adjacent to an activating group) is 1. The zero-order chi connectivity index (χ0) is 15.7. The third kappa shape index (κ3) is 5.34. The lowest BCUT2D eigenvalue weighted by Crippen LogP contribution is -2.33. The van der Waals surface area contributed by atoms with Crippen molar-refractivity contribution in [2.45, 2.75) is 33.6 Å². The summed E-state index contributed by atoms with van der Waals surface area (Å²) >= 11 is 0. The summed E-state index contributed by atoms with van der Waals surface area (Å²) in [6, 6.07) is 3.74. The van der Waals surface area contributed by atoms with Gasteiger partial charge in [-0.3, -0.25) is 4.79 Å². The van der Waals surface area contributed by atoms with E-state index >= 15 is 0 Å². The minimum Gasteiger partial charge on any atom is -0.383 e. The number of nitrogens with one attached hydrogen (secondary N) is 1. The Morgan fingerprint density at radius 1 is 1.33 bits per heavy atom. The molecule has 0 aliphatic rings. The number of amides is 1. The molecule has 1 N–H and O–H groups in total. The van der Waals surface area contributed by atoms with Crippen LogP contribution in [-0.2, 0) is 11.2 Å². The Morgan fingerprint density at radius 2 is 2.10 bits per heavy atom. The molecule has 0 radical (unpaired) electrons. The minimum absolute atomic E-state index is 0.0356. The number of ether oxygens (including phenoxy) is 1. The van der Waals surface area contributed by atoms with E-state index in [0.29, 0.717) is 25.3 Å². The molecule has 0 fully saturated rings. The maximum Gasteiger partial charge on any atom is 0.254 e. The van der Waals surface area contributed by atoms with E-state index in [1.54, 1.807) is 12.0 Å². The van der Waals surface area contributed by atoms with E-state index in [-0.39, 0.29) is 5.91 Å².